The molecule has 0 aromatic carbocycles. The van der Waals surface area contributed by atoms with Crippen molar-refractivity contribution in [2.75, 3.05) is 6.54 Å². The molecule has 5 nitrogen and oxygen atoms in total. The molecular weight excluding hydrogens is 196 g/mol. The molecule has 1 unspecified atom stereocenters. The molecule has 0 bridgehead atoms. The molecule has 0 fully saturated rings. The van der Waals surface area contributed by atoms with Gasteiger partial charge in [-0.1, -0.05) is 13.8 Å². The van der Waals surface area contributed by atoms with Crippen molar-refractivity contribution < 1.29 is 14.7 Å². The van der Waals surface area contributed by atoms with E-state index in [1.165, 1.54) is 0 Å². The minimum atomic E-state index is -0.837. The quantitative estimate of drug-likeness (QED) is 0.574. The number of carboxylic acids is 1. The number of hydrogen-bond acceptors (Lipinski definition) is 3. The normalized spacial score (nSPS) is 12.5. The van der Waals surface area contributed by atoms with Crippen LogP contribution in [-0.4, -0.2) is 35.6 Å². The minimum absolute atomic E-state index is 0.0824. The number of carbonyl (C=O) groups is 2. The van der Waals surface area contributed by atoms with Gasteiger partial charge in [-0.2, -0.15) is 0 Å². The summed E-state index contributed by atoms with van der Waals surface area (Å²) in [6, 6.07) is 0.174. The first-order chi connectivity index (χ1) is 6.91. The van der Waals surface area contributed by atoms with E-state index >= 15 is 0 Å². The lowest BCUT2D eigenvalue weighted by Crippen LogP contribution is -2.41. The van der Waals surface area contributed by atoms with Gasteiger partial charge in [0.1, 0.15) is 0 Å². The van der Waals surface area contributed by atoms with E-state index in [9.17, 15) is 9.59 Å². The molecule has 0 aliphatic heterocycles. The van der Waals surface area contributed by atoms with Crippen molar-refractivity contribution >= 4 is 11.9 Å². The second kappa shape index (κ2) is 7.23. The lowest BCUT2D eigenvalue weighted by atomic mass is 10.2. The number of rotatable bonds is 7. The van der Waals surface area contributed by atoms with Gasteiger partial charge in [0.25, 0.3) is 0 Å². The summed E-state index contributed by atoms with van der Waals surface area (Å²) in [5.74, 6) is -0.932. The highest BCUT2D eigenvalue weighted by molar-refractivity contribution is 5.78. The summed E-state index contributed by atoms with van der Waals surface area (Å²) in [5, 5.41) is 14.2. The lowest BCUT2D eigenvalue weighted by Gasteiger charge is -2.14. The fourth-order valence-corrected chi connectivity index (χ4v) is 1.03. The molecule has 0 radical (unpaired) electrons. The van der Waals surface area contributed by atoms with Gasteiger partial charge in [-0.25, -0.2) is 0 Å². The molecule has 0 aromatic rings. The first kappa shape index (κ1) is 13.9. The van der Waals surface area contributed by atoms with Crippen LogP contribution in [0.3, 0.4) is 0 Å². The molecule has 0 aromatic heterocycles. The van der Waals surface area contributed by atoms with Crippen LogP contribution in [0.5, 0.6) is 0 Å². The molecule has 88 valence electrons. The van der Waals surface area contributed by atoms with Crippen LogP contribution in [-0.2, 0) is 9.59 Å². The van der Waals surface area contributed by atoms with Gasteiger partial charge in [0.15, 0.2) is 0 Å². The summed E-state index contributed by atoms with van der Waals surface area (Å²) in [6.07, 6.45) is 0.543. The SMILES string of the molecule is CC(C)NCC(=O)NC(C)CCC(=O)O. The predicted molar refractivity (Wildman–Crippen MR) is 57.6 cm³/mol. The van der Waals surface area contributed by atoms with Gasteiger partial charge in [-0.05, 0) is 13.3 Å². The van der Waals surface area contributed by atoms with E-state index in [2.05, 4.69) is 10.6 Å². The number of amides is 1. The molecule has 3 N–H and O–H groups in total. The Morgan fingerprint density at radius 3 is 2.33 bits per heavy atom. The molecule has 0 aliphatic carbocycles. The summed E-state index contributed by atoms with van der Waals surface area (Å²) in [7, 11) is 0. The van der Waals surface area contributed by atoms with Crippen LogP contribution in [0.25, 0.3) is 0 Å². The predicted octanol–water partition coefficient (Wildman–Crippen LogP) is 0.354. The van der Waals surface area contributed by atoms with E-state index in [0.29, 0.717) is 6.42 Å². The summed E-state index contributed by atoms with van der Waals surface area (Å²) in [6.45, 7) is 5.99. The van der Waals surface area contributed by atoms with Gasteiger partial charge < -0.3 is 15.7 Å². The summed E-state index contributed by atoms with van der Waals surface area (Å²) >= 11 is 0. The van der Waals surface area contributed by atoms with E-state index in [1.54, 1.807) is 6.92 Å². The van der Waals surface area contributed by atoms with Crippen molar-refractivity contribution in [2.24, 2.45) is 0 Å². The standard InChI is InChI=1S/C10H20N2O3/c1-7(2)11-6-9(13)12-8(3)4-5-10(14)15/h7-8,11H,4-6H2,1-3H3,(H,12,13)(H,14,15). The van der Waals surface area contributed by atoms with Gasteiger partial charge in [0.05, 0.1) is 6.54 Å². The highest BCUT2D eigenvalue weighted by Gasteiger charge is 2.08. The second-order valence-corrected chi connectivity index (χ2v) is 3.94. The highest BCUT2D eigenvalue weighted by Crippen LogP contribution is 1.95. The number of carbonyl (C=O) groups excluding carboxylic acids is 1. The van der Waals surface area contributed by atoms with Gasteiger partial charge in [0.2, 0.25) is 5.91 Å². The zero-order valence-electron chi connectivity index (χ0n) is 9.54. The van der Waals surface area contributed by atoms with Crippen LogP contribution in [0.4, 0.5) is 0 Å². The molecule has 0 spiro atoms. The fraction of sp³-hybridized carbons (Fsp3) is 0.800. The monoisotopic (exact) mass is 216 g/mol. The Labute approximate surface area is 90.2 Å². The average Bonchev–Trinajstić information content (AvgIpc) is 2.11. The maximum absolute atomic E-state index is 11.3. The van der Waals surface area contributed by atoms with E-state index in [1.807, 2.05) is 13.8 Å². The minimum Gasteiger partial charge on any atom is -0.481 e. The van der Waals surface area contributed by atoms with E-state index in [0.717, 1.165) is 0 Å². The van der Waals surface area contributed by atoms with Crippen molar-refractivity contribution in [1.29, 1.82) is 0 Å². The van der Waals surface area contributed by atoms with Crippen molar-refractivity contribution in [2.45, 2.75) is 45.7 Å². The van der Waals surface area contributed by atoms with Crippen LogP contribution in [0.2, 0.25) is 0 Å². The number of nitrogens with one attached hydrogen (secondary N) is 2. The zero-order valence-corrected chi connectivity index (χ0v) is 9.54. The summed E-state index contributed by atoms with van der Waals surface area (Å²) in [4.78, 5) is 21.6. The molecule has 0 saturated heterocycles. The maximum atomic E-state index is 11.3. The highest BCUT2D eigenvalue weighted by atomic mass is 16.4. The van der Waals surface area contributed by atoms with Crippen molar-refractivity contribution in [1.82, 2.24) is 10.6 Å². The Bertz CT molecular complexity index is 217. The topological polar surface area (TPSA) is 78.4 Å². The van der Waals surface area contributed by atoms with Crippen LogP contribution >= 0.6 is 0 Å². The Kier molecular flexibility index (Phi) is 6.70. The van der Waals surface area contributed by atoms with E-state index in [-0.39, 0.29) is 31.0 Å². The van der Waals surface area contributed by atoms with Crippen LogP contribution < -0.4 is 10.6 Å². The third kappa shape index (κ3) is 9.21. The van der Waals surface area contributed by atoms with Crippen LogP contribution in [0.1, 0.15) is 33.6 Å². The van der Waals surface area contributed by atoms with E-state index in [4.69, 9.17) is 5.11 Å². The molecule has 0 saturated carbocycles. The van der Waals surface area contributed by atoms with Crippen LogP contribution in [0.15, 0.2) is 0 Å². The first-order valence-corrected chi connectivity index (χ1v) is 5.16. The molecule has 0 rings (SSSR count). The Morgan fingerprint density at radius 1 is 1.27 bits per heavy atom. The third-order valence-electron chi connectivity index (χ3n) is 1.87. The Balaban J connectivity index is 3.62. The number of hydrogen-bond donors (Lipinski definition) is 3. The third-order valence-corrected chi connectivity index (χ3v) is 1.87. The molecule has 5 heteroatoms. The first-order valence-electron chi connectivity index (χ1n) is 5.16. The average molecular weight is 216 g/mol. The van der Waals surface area contributed by atoms with Gasteiger partial charge in [-0.3, -0.25) is 9.59 Å². The molecule has 0 aliphatic rings. The van der Waals surface area contributed by atoms with Gasteiger partial charge >= 0.3 is 5.97 Å². The molecule has 15 heavy (non-hydrogen) atoms. The van der Waals surface area contributed by atoms with Crippen molar-refractivity contribution in [3.8, 4) is 0 Å². The van der Waals surface area contributed by atoms with Crippen molar-refractivity contribution in [3.63, 3.8) is 0 Å². The van der Waals surface area contributed by atoms with Gasteiger partial charge in [0, 0.05) is 18.5 Å². The van der Waals surface area contributed by atoms with Crippen LogP contribution in [0, 0.1) is 0 Å². The Morgan fingerprint density at radius 2 is 1.87 bits per heavy atom. The second-order valence-electron chi connectivity index (χ2n) is 3.94. The zero-order chi connectivity index (χ0) is 11.8. The van der Waals surface area contributed by atoms with E-state index < -0.39 is 5.97 Å². The number of carboxylic acid groups (broad SMARTS) is 1. The number of aliphatic carboxylic acids is 1. The molecular formula is C10H20N2O3. The Hall–Kier alpha value is -1.10. The molecule has 0 heterocycles. The summed E-state index contributed by atoms with van der Waals surface area (Å²) < 4.78 is 0. The molecule has 1 amide bonds. The largest absolute Gasteiger partial charge is 0.481 e. The van der Waals surface area contributed by atoms with Crippen molar-refractivity contribution in [3.05, 3.63) is 0 Å². The maximum Gasteiger partial charge on any atom is 0.303 e. The lowest BCUT2D eigenvalue weighted by molar-refractivity contribution is -0.137. The summed E-state index contributed by atoms with van der Waals surface area (Å²) in [5.41, 5.74) is 0. The smallest absolute Gasteiger partial charge is 0.303 e. The fourth-order valence-electron chi connectivity index (χ4n) is 1.03. The molecule has 1 atom stereocenters. The van der Waals surface area contributed by atoms with Gasteiger partial charge in [-0.15, -0.1) is 0 Å².